The van der Waals surface area contributed by atoms with Crippen LogP contribution in [0.3, 0.4) is 0 Å². The Labute approximate surface area is 158 Å². The summed E-state index contributed by atoms with van der Waals surface area (Å²) in [4.78, 5) is 23.7. The zero-order chi connectivity index (χ0) is 20.0. The zero-order valence-electron chi connectivity index (χ0n) is 14.5. The molecule has 27 heavy (non-hydrogen) atoms. The first-order valence-electron chi connectivity index (χ1n) is 7.79. The molecule has 0 aliphatic carbocycles. The molecule has 2 amide bonds. The highest BCUT2D eigenvalue weighted by molar-refractivity contribution is 8.00. The number of carbonyl (C=O) groups excluding carboxylic acids is 2. The van der Waals surface area contributed by atoms with Gasteiger partial charge in [-0.3, -0.25) is 20.4 Å². The Morgan fingerprint density at radius 2 is 1.70 bits per heavy atom. The van der Waals surface area contributed by atoms with Crippen LogP contribution in [0, 0.1) is 13.8 Å². The first kappa shape index (κ1) is 20.6. The lowest BCUT2D eigenvalue weighted by molar-refractivity contribution is -0.123. The second-order valence-corrected chi connectivity index (χ2v) is 6.77. The van der Waals surface area contributed by atoms with Crippen molar-refractivity contribution in [1.29, 1.82) is 0 Å². The number of amides is 2. The van der Waals surface area contributed by atoms with E-state index in [2.05, 4.69) is 10.9 Å². The first-order chi connectivity index (χ1) is 12.6. The number of benzene rings is 2. The van der Waals surface area contributed by atoms with Gasteiger partial charge in [-0.2, -0.15) is 13.2 Å². The van der Waals surface area contributed by atoms with Crippen LogP contribution in [0.1, 0.15) is 21.5 Å². The molecular weight excluding hydrogens is 381 g/mol. The summed E-state index contributed by atoms with van der Waals surface area (Å²) in [5.41, 5.74) is 1.94. The predicted octanol–water partition coefficient (Wildman–Crippen LogP) is 3.76. The topological polar surface area (TPSA) is 67.4 Å². The van der Waals surface area contributed by atoms with Gasteiger partial charge in [0.05, 0.1) is 0 Å². The van der Waals surface area contributed by atoms with E-state index in [9.17, 15) is 22.8 Å². The molecule has 0 saturated carbocycles. The van der Waals surface area contributed by atoms with E-state index in [0.717, 1.165) is 11.1 Å². The minimum Gasteiger partial charge on any atom is -0.483 e. The monoisotopic (exact) mass is 398 g/mol. The molecule has 0 unspecified atom stereocenters. The summed E-state index contributed by atoms with van der Waals surface area (Å²) < 4.78 is 42.2. The number of alkyl halides is 3. The van der Waals surface area contributed by atoms with E-state index in [1.54, 1.807) is 6.07 Å². The van der Waals surface area contributed by atoms with Crippen LogP contribution in [0.5, 0.6) is 5.75 Å². The molecule has 0 aliphatic rings. The molecule has 5 nitrogen and oxygen atoms in total. The number of hydrogen-bond acceptors (Lipinski definition) is 4. The van der Waals surface area contributed by atoms with Crippen molar-refractivity contribution in [3.05, 3.63) is 59.2 Å². The van der Waals surface area contributed by atoms with Crippen molar-refractivity contribution in [2.75, 3.05) is 6.61 Å². The number of halogens is 3. The Balaban J connectivity index is 1.82. The molecule has 0 spiro atoms. The summed E-state index contributed by atoms with van der Waals surface area (Å²) in [5.74, 6) is -0.665. The normalized spacial score (nSPS) is 11.0. The van der Waals surface area contributed by atoms with E-state index in [1.165, 1.54) is 24.3 Å². The number of nitrogens with one attached hydrogen (secondary N) is 2. The highest BCUT2D eigenvalue weighted by Crippen LogP contribution is 2.36. The number of rotatable bonds is 5. The van der Waals surface area contributed by atoms with Crippen molar-refractivity contribution in [2.24, 2.45) is 0 Å². The Bertz CT molecular complexity index is 824. The van der Waals surface area contributed by atoms with Crippen LogP contribution in [-0.2, 0) is 4.79 Å². The molecule has 2 rings (SSSR count). The Morgan fingerprint density at radius 3 is 2.33 bits per heavy atom. The summed E-state index contributed by atoms with van der Waals surface area (Å²) >= 11 is -0.272. The quantitative estimate of drug-likeness (QED) is 0.595. The lowest BCUT2D eigenvalue weighted by Gasteiger charge is -2.11. The third-order valence-electron chi connectivity index (χ3n) is 3.37. The van der Waals surface area contributed by atoms with Crippen molar-refractivity contribution >= 4 is 23.6 Å². The fourth-order valence-electron chi connectivity index (χ4n) is 2.05. The standard InChI is InChI=1S/C18H17F3N2O3S/c1-11-3-4-12(2)15(9-11)26-10-16(24)22-23-17(25)13-5-7-14(8-6-13)27-18(19,20)21/h3-9H,10H2,1-2H3,(H,22,24)(H,23,25). The van der Waals surface area contributed by atoms with E-state index in [-0.39, 0.29) is 28.8 Å². The SMILES string of the molecule is Cc1ccc(C)c(OCC(=O)NNC(=O)c2ccc(SC(F)(F)F)cc2)c1. The molecular formula is C18H17F3N2O3S. The van der Waals surface area contributed by atoms with Crippen molar-refractivity contribution in [2.45, 2.75) is 24.3 Å². The molecule has 0 aromatic heterocycles. The average molecular weight is 398 g/mol. The second-order valence-electron chi connectivity index (χ2n) is 5.63. The molecule has 0 heterocycles. The Kier molecular flexibility index (Phi) is 6.73. The highest BCUT2D eigenvalue weighted by Gasteiger charge is 2.29. The molecule has 144 valence electrons. The molecule has 0 atom stereocenters. The maximum atomic E-state index is 12.3. The largest absolute Gasteiger partial charge is 0.483 e. The third-order valence-corrected chi connectivity index (χ3v) is 4.11. The molecule has 2 N–H and O–H groups in total. The van der Waals surface area contributed by atoms with E-state index in [1.807, 2.05) is 26.0 Å². The predicted molar refractivity (Wildman–Crippen MR) is 95.4 cm³/mol. The Hall–Kier alpha value is -2.68. The number of ether oxygens (including phenoxy) is 1. The van der Waals surface area contributed by atoms with Crippen molar-refractivity contribution in [1.82, 2.24) is 10.9 Å². The van der Waals surface area contributed by atoms with Gasteiger partial charge in [0.2, 0.25) is 0 Å². The van der Waals surface area contributed by atoms with Crippen molar-refractivity contribution in [3.8, 4) is 5.75 Å². The van der Waals surface area contributed by atoms with Gasteiger partial charge in [0, 0.05) is 10.5 Å². The van der Waals surface area contributed by atoms with E-state index in [0.29, 0.717) is 5.75 Å². The van der Waals surface area contributed by atoms with Gasteiger partial charge in [0.1, 0.15) is 5.75 Å². The molecule has 0 bridgehead atoms. The van der Waals surface area contributed by atoms with Crippen LogP contribution >= 0.6 is 11.8 Å². The fourth-order valence-corrected chi connectivity index (χ4v) is 2.59. The van der Waals surface area contributed by atoms with Gasteiger partial charge in [0.25, 0.3) is 11.8 Å². The molecule has 0 saturated heterocycles. The smallest absolute Gasteiger partial charge is 0.446 e. The van der Waals surface area contributed by atoms with Gasteiger partial charge in [-0.05, 0) is 67.1 Å². The van der Waals surface area contributed by atoms with E-state index < -0.39 is 17.3 Å². The van der Waals surface area contributed by atoms with Gasteiger partial charge in [-0.1, -0.05) is 12.1 Å². The maximum Gasteiger partial charge on any atom is 0.446 e. The molecule has 2 aromatic rings. The minimum atomic E-state index is -4.40. The van der Waals surface area contributed by atoms with Crippen LogP contribution in [-0.4, -0.2) is 23.9 Å². The van der Waals surface area contributed by atoms with Crippen molar-refractivity contribution < 1.29 is 27.5 Å². The summed E-state index contributed by atoms with van der Waals surface area (Å²) in [6.07, 6.45) is 0. The summed E-state index contributed by atoms with van der Waals surface area (Å²) in [5, 5.41) is 0. The fraction of sp³-hybridized carbons (Fsp3) is 0.222. The molecule has 0 aliphatic heterocycles. The zero-order valence-corrected chi connectivity index (χ0v) is 15.3. The Morgan fingerprint density at radius 1 is 1.04 bits per heavy atom. The van der Waals surface area contributed by atoms with Crippen LogP contribution < -0.4 is 15.6 Å². The average Bonchev–Trinajstić information content (AvgIpc) is 2.59. The number of hydrogen-bond donors (Lipinski definition) is 2. The number of hydrazine groups is 1. The molecule has 9 heteroatoms. The van der Waals surface area contributed by atoms with Gasteiger partial charge < -0.3 is 4.74 Å². The minimum absolute atomic E-state index is 0.0370. The van der Waals surface area contributed by atoms with E-state index in [4.69, 9.17) is 4.74 Å². The van der Waals surface area contributed by atoms with Crippen LogP contribution in [0.15, 0.2) is 47.4 Å². The number of carbonyl (C=O) groups is 2. The third kappa shape index (κ3) is 6.86. The summed E-state index contributed by atoms with van der Waals surface area (Å²) in [6, 6.07) is 10.4. The highest BCUT2D eigenvalue weighted by atomic mass is 32.2. The maximum absolute atomic E-state index is 12.3. The summed E-state index contributed by atoms with van der Waals surface area (Å²) in [6.45, 7) is 3.44. The van der Waals surface area contributed by atoms with Gasteiger partial charge in [-0.25, -0.2) is 0 Å². The van der Waals surface area contributed by atoms with Crippen LogP contribution in [0.25, 0.3) is 0 Å². The summed E-state index contributed by atoms with van der Waals surface area (Å²) in [7, 11) is 0. The van der Waals surface area contributed by atoms with E-state index >= 15 is 0 Å². The molecule has 0 fully saturated rings. The first-order valence-corrected chi connectivity index (χ1v) is 8.61. The van der Waals surface area contributed by atoms with Crippen LogP contribution in [0.4, 0.5) is 13.2 Å². The van der Waals surface area contributed by atoms with Crippen LogP contribution in [0.2, 0.25) is 0 Å². The molecule has 2 aromatic carbocycles. The number of aryl methyl sites for hydroxylation is 2. The van der Waals surface area contributed by atoms with Gasteiger partial charge >= 0.3 is 5.51 Å². The van der Waals surface area contributed by atoms with Crippen molar-refractivity contribution in [3.63, 3.8) is 0 Å². The lowest BCUT2D eigenvalue weighted by atomic mass is 10.1. The second kappa shape index (κ2) is 8.81. The molecule has 0 radical (unpaired) electrons. The lowest BCUT2D eigenvalue weighted by Crippen LogP contribution is -2.43. The van der Waals surface area contributed by atoms with Gasteiger partial charge in [-0.15, -0.1) is 0 Å². The van der Waals surface area contributed by atoms with Gasteiger partial charge in [0.15, 0.2) is 6.61 Å². The number of thioether (sulfide) groups is 1.